The molecule has 3 amide bonds. The molecule has 0 aliphatic carbocycles. The minimum Gasteiger partial charge on any atom is -0.343 e. The molecule has 1 saturated heterocycles. The van der Waals surface area contributed by atoms with Crippen molar-refractivity contribution in [2.75, 3.05) is 36.0 Å². The number of hydrogen-bond donors (Lipinski definition) is 0. The van der Waals surface area contributed by atoms with Crippen LogP contribution in [0.25, 0.3) is 0 Å². The Balaban J connectivity index is 1.77. The van der Waals surface area contributed by atoms with E-state index in [2.05, 4.69) is 0 Å². The molecule has 2 aliphatic rings. The molecule has 1 fully saturated rings. The molecule has 1 aromatic carbocycles. The van der Waals surface area contributed by atoms with E-state index in [1.54, 1.807) is 9.80 Å². The van der Waals surface area contributed by atoms with Crippen LogP contribution >= 0.6 is 0 Å². The molecule has 6 heteroatoms. The van der Waals surface area contributed by atoms with Gasteiger partial charge in [0.05, 0.1) is 5.92 Å². The molecular formula is C20H27N3O3. The molecule has 0 radical (unpaired) electrons. The zero-order valence-electron chi connectivity index (χ0n) is 15.8. The number of amides is 3. The van der Waals surface area contributed by atoms with Gasteiger partial charge in [0, 0.05) is 50.4 Å². The Morgan fingerprint density at radius 1 is 1.19 bits per heavy atom. The summed E-state index contributed by atoms with van der Waals surface area (Å²) >= 11 is 0. The number of fused-ring (bicyclic) bond motifs is 1. The fourth-order valence-corrected chi connectivity index (χ4v) is 3.92. The van der Waals surface area contributed by atoms with Crippen molar-refractivity contribution in [3.63, 3.8) is 0 Å². The summed E-state index contributed by atoms with van der Waals surface area (Å²) < 4.78 is 0. The molecule has 1 aromatic rings. The fraction of sp³-hybridized carbons (Fsp3) is 0.550. The molecule has 0 aromatic heterocycles. The molecule has 0 N–H and O–H groups in total. The summed E-state index contributed by atoms with van der Waals surface area (Å²) in [5.74, 6) is -0.0888. The summed E-state index contributed by atoms with van der Waals surface area (Å²) in [5, 5.41) is 0. The van der Waals surface area contributed by atoms with E-state index in [9.17, 15) is 14.4 Å². The predicted molar refractivity (Wildman–Crippen MR) is 101 cm³/mol. The number of benzene rings is 1. The molecular weight excluding hydrogens is 330 g/mol. The molecule has 0 saturated carbocycles. The SMILES string of the molecule is CCC(=O)N1CCc2cc(N3CC(C(=O)N(CC)CC)CC3=O)ccc21. The Bertz CT molecular complexity index is 727. The van der Waals surface area contributed by atoms with Crippen molar-refractivity contribution >= 4 is 29.1 Å². The van der Waals surface area contributed by atoms with Gasteiger partial charge >= 0.3 is 0 Å². The number of carbonyl (C=O) groups is 3. The molecule has 2 aliphatic heterocycles. The Kier molecular flexibility index (Phi) is 5.30. The van der Waals surface area contributed by atoms with Gasteiger partial charge in [0.1, 0.15) is 0 Å². The van der Waals surface area contributed by atoms with Crippen molar-refractivity contribution in [3.05, 3.63) is 23.8 Å². The van der Waals surface area contributed by atoms with E-state index in [1.165, 1.54) is 0 Å². The topological polar surface area (TPSA) is 60.9 Å². The minimum absolute atomic E-state index is 0.00468. The standard InChI is InChI=1S/C20H27N3O3/c1-4-18(24)22-10-9-14-11-16(7-8-17(14)22)23-13-15(12-19(23)25)20(26)21(5-2)6-3/h7-8,11,15H,4-6,9-10,12-13H2,1-3H3. The molecule has 2 heterocycles. The first-order valence-electron chi connectivity index (χ1n) is 9.52. The van der Waals surface area contributed by atoms with Crippen LogP contribution in [0, 0.1) is 5.92 Å². The summed E-state index contributed by atoms with van der Waals surface area (Å²) in [6.07, 6.45) is 1.56. The zero-order chi connectivity index (χ0) is 18.8. The average molecular weight is 357 g/mol. The molecule has 0 spiro atoms. The van der Waals surface area contributed by atoms with Gasteiger partial charge < -0.3 is 14.7 Å². The van der Waals surface area contributed by atoms with Gasteiger partial charge in [0.15, 0.2) is 0 Å². The Morgan fingerprint density at radius 2 is 1.92 bits per heavy atom. The summed E-state index contributed by atoms with van der Waals surface area (Å²) in [7, 11) is 0. The van der Waals surface area contributed by atoms with Gasteiger partial charge in [0.25, 0.3) is 0 Å². The van der Waals surface area contributed by atoms with Gasteiger partial charge in [-0.25, -0.2) is 0 Å². The lowest BCUT2D eigenvalue weighted by Gasteiger charge is -2.23. The van der Waals surface area contributed by atoms with Gasteiger partial charge in [-0.05, 0) is 44.0 Å². The smallest absolute Gasteiger partial charge is 0.227 e. The second-order valence-electron chi connectivity index (χ2n) is 6.88. The molecule has 6 nitrogen and oxygen atoms in total. The van der Waals surface area contributed by atoms with Gasteiger partial charge in [-0.2, -0.15) is 0 Å². The number of hydrogen-bond acceptors (Lipinski definition) is 3. The maximum absolute atomic E-state index is 12.6. The third-order valence-electron chi connectivity index (χ3n) is 5.42. The quantitative estimate of drug-likeness (QED) is 0.812. The van der Waals surface area contributed by atoms with E-state index in [0.29, 0.717) is 32.6 Å². The van der Waals surface area contributed by atoms with E-state index in [4.69, 9.17) is 0 Å². The van der Waals surface area contributed by atoms with Gasteiger partial charge in [-0.1, -0.05) is 6.92 Å². The van der Waals surface area contributed by atoms with Crippen LogP contribution in [-0.2, 0) is 20.8 Å². The summed E-state index contributed by atoms with van der Waals surface area (Å²) in [6.45, 7) is 8.25. The summed E-state index contributed by atoms with van der Waals surface area (Å²) in [5.41, 5.74) is 2.87. The number of nitrogens with zero attached hydrogens (tertiary/aromatic N) is 3. The maximum atomic E-state index is 12.6. The fourth-order valence-electron chi connectivity index (χ4n) is 3.92. The van der Waals surface area contributed by atoms with Crippen molar-refractivity contribution in [1.82, 2.24) is 4.90 Å². The second-order valence-corrected chi connectivity index (χ2v) is 6.88. The monoisotopic (exact) mass is 357 g/mol. The van der Waals surface area contributed by atoms with Gasteiger partial charge in [-0.3, -0.25) is 14.4 Å². The maximum Gasteiger partial charge on any atom is 0.227 e. The third kappa shape index (κ3) is 3.20. The van der Waals surface area contributed by atoms with Crippen molar-refractivity contribution in [3.8, 4) is 0 Å². The zero-order valence-corrected chi connectivity index (χ0v) is 15.8. The molecule has 1 unspecified atom stereocenters. The van der Waals surface area contributed by atoms with E-state index >= 15 is 0 Å². The Morgan fingerprint density at radius 3 is 2.58 bits per heavy atom. The first kappa shape index (κ1) is 18.4. The van der Waals surface area contributed by atoms with Crippen LogP contribution in [0.5, 0.6) is 0 Å². The highest BCUT2D eigenvalue weighted by Gasteiger charge is 2.37. The minimum atomic E-state index is -0.270. The predicted octanol–water partition coefficient (Wildman–Crippen LogP) is 2.21. The van der Waals surface area contributed by atoms with Crippen LogP contribution in [0.15, 0.2) is 18.2 Å². The van der Waals surface area contributed by atoms with Crippen LogP contribution in [0.2, 0.25) is 0 Å². The third-order valence-corrected chi connectivity index (χ3v) is 5.42. The van der Waals surface area contributed by atoms with Crippen molar-refractivity contribution < 1.29 is 14.4 Å². The summed E-state index contributed by atoms with van der Waals surface area (Å²) in [6, 6.07) is 5.82. The van der Waals surface area contributed by atoms with Crippen LogP contribution in [-0.4, -0.2) is 48.8 Å². The second kappa shape index (κ2) is 7.48. The van der Waals surface area contributed by atoms with Crippen molar-refractivity contribution in [2.24, 2.45) is 5.92 Å². The number of rotatable bonds is 5. The van der Waals surface area contributed by atoms with Crippen LogP contribution in [0.4, 0.5) is 11.4 Å². The van der Waals surface area contributed by atoms with E-state index < -0.39 is 0 Å². The largest absolute Gasteiger partial charge is 0.343 e. The summed E-state index contributed by atoms with van der Waals surface area (Å²) in [4.78, 5) is 42.4. The van der Waals surface area contributed by atoms with Crippen LogP contribution in [0.1, 0.15) is 39.2 Å². The lowest BCUT2D eigenvalue weighted by molar-refractivity contribution is -0.135. The molecule has 3 rings (SSSR count). The lowest BCUT2D eigenvalue weighted by Crippen LogP contribution is -2.37. The highest BCUT2D eigenvalue weighted by molar-refractivity contribution is 6.01. The first-order chi connectivity index (χ1) is 12.5. The molecule has 140 valence electrons. The Labute approximate surface area is 154 Å². The van der Waals surface area contributed by atoms with Crippen molar-refractivity contribution in [2.45, 2.75) is 40.0 Å². The van der Waals surface area contributed by atoms with Gasteiger partial charge in [-0.15, -0.1) is 0 Å². The highest BCUT2D eigenvalue weighted by atomic mass is 16.2. The molecule has 26 heavy (non-hydrogen) atoms. The van der Waals surface area contributed by atoms with Crippen LogP contribution in [0.3, 0.4) is 0 Å². The van der Waals surface area contributed by atoms with E-state index in [0.717, 1.165) is 23.4 Å². The van der Waals surface area contributed by atoms with Crippen LogP contribution < -0.4 is 9.80 Å². The van der Waals surface area contributed by atoms with E-state index in [-0.39, 0.29) is 30.1 Å². The number of carbonyl (C=O) groups excluding carboxylic acids is 3. The first-order valence-corrected chi connectivity index (χ1v) is 9.52. The van der Waals surface area contributed by atoms with Crippen molar-refractivity contribution in [1.29, 1.82) is 0 Å². The van der Waals surface area contributed by atoms with E-state index in [1.807, 2.05) is 43.9 Å². The Hall–Kier alpha value is -2.37. The number of anilines is 2. The molecule has 0 bridgehead atoms. The normalized spacial score (nSPS) is 19.0. The average Bonchev–Trinajstić information content (AvgIpc) is 3.25. The van der Waals surface area contributed by atoms with Gasteiger partial charge in [0.2, 0.25) is 17.7 Å². The molecule has 1 atom stereocenters. The lowest BCUT2D eigenvalue weighted by atomic mass is 10.1. The highest BCUT2D eigenvalue weighted by Crippen LogP contribution is 2.34.